The molecule has 202 valence electrons. The van der Waals surface area contributed by atoms with Crippen molar-refractivity contribution in [3.63, 3.8) is 0 Å². The van der Waals surface area contributed by atoms with E-state index in [1.807, 2.05) is 0 Å². The second kappa shape index (κ2) is 10.1. The Labute approximate surface area is 221 Å². The first-order chi connectivity index (χ1) is 18.4. The molecule has 38 heavy (non-hydrogen) atoms. The van der Waals surface area contributed by atoms with Crippen molar-refractivity contribution < 1.29 is 23.6 Å². The van der Waals surface area contributed by atoms with Gasteiger partial charge in [0.1, 0.15) is 23.7 Å². The van der Waals surface area contributed by atoms with Crippen LogP contribution in [0.3, 0.4) is 0 Å². The van der Waals surface area contributed by atoms with Gasteiger partial charge < -0.3 is 25.2 Å². The van der Waals surface area contributed by atoms with Crippen molar-refractivity contribution in [1.82, 2.24) is 15.5 Å². The number of amides is 3. The van der Waals surface area contributed by atoms with E-state index in [1.54, 1.807) is 12.3 Å². The Bertz CT molecular complexity index is 1220. The topological polar surface area (TPSA) is 135 Å². The molecule has 3 N–H and O–H groups in total. The number of aromatic nitrogens is 2. The highest BCUT2D eigenvalue weighted by Gasteiger charge is 2.48. The van der Waals surface area contributed by atoms with E-state index in [0.717, 1.165) is 50.5 Å². The van der Waals surface area contributed by atoms with E-state index in [4.69, 9.17) is 9.26 Å². The lowest BCUT2D eigenvalue weighted by Crippen LogP contribution is -2.49. The number of hydrogen-bond donors (Lipinski definition) is 3. The maximum Gasteiger partial charge on any atom is 0.257 e. The van der Waals surface area contributed by atoms with Gasteiger partial charge in [0.15, 0.2) is 0 Å². The fourth-order valence-electron chi connectivity index (χ4n) is 6.42. The Hall–Kier alpha value is -3.27. The van der Waals surface area contributed by atoms with Gasteiger partial charge in [-0.15, -0.1) is 0 Å². The lowest BCUT2D eigenvalue weighted by molar-refractivity contribution is -0.124. The van der Waals surface area contributed by atoms with Gasteiger partial charge in [-0.05, 0) is 50.4 Å². The monoisotopic (exact) mass is 521 g/mol. The van der Waals surface area contributed by atoms with Crippen LogP contribution in [-0.4, -0.2) is 47.1 Å². The van der Waals surface area contributed by atoms with Crippen LogP contribution in [0.25, 0.3) is 0 Å². The van der Waals surface area contributed by atoms with Crippen molar-refractivity contribution >= 4 is 29.2 Å². The number of pyridine rings is 1. The first kappa shape index (κ1) is 25.0. The first-order valence-electron chi connectivity index (χ1n) is 13.9. The molecule has 10 nitrogen and oxygen atoms in total. The van der Waals surface area contributed by atoms with Crippen LogP contribution >= 0.6 is 0 Å². The fourth-order valence-corrected chi connectivity index (χ4v) is 6.42. The third kappa shape index (κ3) is 4.48. The highest BCUT2D eigenvalue weighted by Crippen LogP contribution is 2.45. The summed E-state index contributed by atoms with van der Waals surface area (Å²) < 4.78 is 10.6. The van der Waals surface area contributed by atoms with E-state index in [2.05, 4.69) is 33.0 Å². The Kier molecular flexibility index (Phi) is 6.67. The highest BCUT2D eigenvalue weighted by atomic mass is 16.5. The number of rotatable bonds is 6. The summed E-state index contributed by atoms with van der Waals surface area (Å²) in [5, 5.41) is 13.0. The van der Waals surface area contributed by atoms with Gasteiger partial charge in [0.2, 0.25) is 11.8 Å². The zero-order valence-electron chi connectivity index (χ0n) is 21.8. The van der Waals surface area contributed by atoms with E-state index in [-0.39, 0.29) is 29.6 Å². The smallest absolute Gasteiger partial charge is 0.257 e. The Morgan fingerprint density at radius 1 is 1.13 bits per heavy atom. The normalized spacial score (nSPS) is 25.2. The van der Waals surface area contributed by atoms with Crippen LogP contribution in [0.2, 0.25) is 0 Å². The third-order valence-electron chi connectivity index (χ3n) is 9.14. The molecule has 1 saturated heterocycles. The molecule has 0 unspecified atom stereocenters. The van der Waals surface area contributed by atoms with E-state index < -0.39 is 11.5 Å². The summed E-state index contributed by atoms with van der Waals surface area (Å²) in [6, 6.07) is 0.997. The number of nitrogens with one attached hydrogen (secondary N) is 3. The number of hydrogen-bond acceptors (Lipinski definition) is 7. The summed E-state index contributed by atoms with van der Waals surface area (Å²) in [5.41, 5.74) is 2.00. The third-order valence-corrected chi connectivity index (χ3v) is 9.14. The van der Waals surface area contributed by atoms with Gasteiger partial charge in [-0.25, -0.2) is 4.98 Å². The summed E-state index contributed by atoms with van der Waals surface area (Å²) in [5.74, 6) is 0.525. The van der Waals surface area contributed by atoms with Gasteiger partial charge >= 0.3 is 0 Å². The molecule has 10 heteroatoms. The Morgan fingerprint density at radius 2 is 1.89 bits per heavy atom. The molecule has 2 aliphatic carbocycles. The van der Waals surface area contributed by atoms with Crippen molar-refractivity contribution in [2.75, 3.05) is 23.8 Å². The molecule has 6 rings (SSSR count). The molecule has 4 aliphatic rings. The van der Waals surface area contributed by atoms with Gasteiger partial charge in [-0.2, -0.15) is 0 Å². The summed E-state index contributed by atoms with van der Waals surface area (Å²) >= 11 is 0. The SMILES string of the molecule is C[C@H]1CC[C@H]([C@H](NC(=O)c2conc2C2CCC2)C(=O)Nc2cc3c(cn2)C2(CCOCC2)C(=O)N3)CC1. The molecule has 3 amide bonds. The second-order valence-corrected chi connectivity index (χ2v) is 11.5. The van der Waals surface area contributed by atoms with E-state index in [1.165, 1.54) is 6.26 Å². The minimum Gasteiger partial charge on any atom is -0.381 e. The van der Waals surface area contributed by atoms with Crippen LogP contribution < -0.4 is 16.0 Å². The van der Waals surface area contributed by atoms with E-state index >= 15 is 0 Å². The Morgan fingerprint density at radius 3 is 2.61 bits per heavy atom. The summed E-state index contributed by atoms with van der Waals surface area (Å²) in [6.07, 6.45) is 11.1. The molecule has 2 aromatic heterocycles. The predicted octanol–water partition coefficient (Wildman–Crippen LogP) is 3.90. The number of fused-ring (bicyclic) bond motifs is 2. The number of ether oxygens (including phenoxy) is 1. The van der Waals surface area contributed by atoms with Gasteiger partial charge in [0, 0.05) is 37.0 Å². The fraction of sp³-hybridized carbons (Fsp3) is 0.607. The second-order valence-electron chi connectivity index (χ2n) is 11.5. The average Bonchev–Trinajstić information content (AvgIpc) is 3.45. The summed E-state index contributed by atoms with van der Waals surface area (Å²) in [6.45, 7) is 3.28. The lowest BCUT2D eigenvalue weighted by atomic mass is 9.76. The van der Waals surface area contributed by atoms with E-state index in [9.17, 15) is 14.4 Å². The van der Waals surface area contributed by atoms with Crippen molar-refractivity contribution in [2.24, 2.45) is 11.8 Å². The predicted molar refractivity (Wildman–Crippen MR) is 139 cm³/mol. The van der Waals surface area contributed by atoms with Crippen LogP contribution in [0.1, 0.15) is 92.2 Å². The number of nitrogens with zero attached hydrogens (tertiary/aromatic N) is 2. The molecular weight excluding hydrogens is 486 g/mol. The van der Waals surface area contributed by atoms with Crippen molar-refractivity contribution in [3.05, 3.63) is 35.3 Å². The molecule has 4 heterocycles. The van der Waals surface area contributed by atoms with Crippen molar-refractivity contribution in [2.45, 2.75) is 82.1 Å². The van der Waals surface area contributed by atoms with Crippen LogP contribution in [-0.2, 0) is 19.7 Å². The highest BCUT2D eigenvalue weighted by molar-refractivity contribution is 6.07. The first-order valence-corrected chi connectivity index (χ1v) is 13.9. The molecule has 0 aromatic carbocycles. The standard InChI is InChI=1S/C28H35N5O5/c1-16-5-7-18(8-6-16)24(32-25(34)19-15-38-33-23(19)17-3-2-4-17)26(35)31-22-13-21-20(14-29-22)28(27(36)30-21)9-11-37-12-10-28/h13-18,24H,2-12H2,1H3,(H,30,36)(H,32,34)(H,29,31,35)/t16-,18-,24-/m0/s1. The van der Waals surface area contributed by atoms with Gasteiger partial charge in [0.25, 0.3) is 5.91 Å². The average molecular weight is 522 g/mol. The van der Waals surface area contributed by atoms with Gasteiger partial charge in [-0.3, -0.25) is 14.4 Å². The van der Waals surface area contributed by atoms with Crippen molar-refractivity contribution in [3.8, 4) is 0 Å². The molecule has 2 saturated carbocycles. The number of carbonyl (C=O) groups is 3. The molecule has 1 spiro atoms. The molecule has 2 aliphatic heterocycles. The van der Waals surface area contributed by atoms with Gasteiger partial charge in [0.05, 0.1) is 16.8 Å². The molecular formula is C28H35N5O5. The molecule has 3 fully saturated rings. The van der Waals surface area contributed by atoms with Crippen LogP contribution in [0.15, 0.2) is 23.0 Å². The molecule has 2 aromatic rings. The maximum absolute atomic E-state index is 13.6. The minimum atomic E-state index is -0.717. The van der Waals surface area contributed by atoms with E-state index in [0.29, 0.717) is 54.7 Å². The quantitative estimate of drug-likeness (QED) is 0.525. The van der Waals surface area contributed by atoms with Crippen LogP contribution in [0, 0.1) is 11.8 Å². The number of anilines is 2. The lowest BCUT2D eigenvalue weighted by Gasteiger charge is -2.32. The molecule has 1 atom stereocenters. The summed E-state index contributed by atoms with van der Waals surface area (Å²) in [4.78, 5) is 44.3. The molecule has 0 radical (unpaired) electrons. The largest absolute Gasteiger partial charge is 0.381 e. The summed E-state index contributed by atoms with van der Waals surface area (Å²) in [7, 11) is 0. The zero-order chi connectivity index (χ0) is 26.3. The molecule has 0 bridgehead atoms. The van der Waals surface area contributed by atoms with Crippen LogP contribution in [0.4, 0.5) is 11.5 Å². The minimum absolute atomic E-state index is 0.0156. The number of carbonyl (C=O) groups excluding carboxylic acids is 3. The van der Waals surface area contributed by atoms with Crippen LogP contribution in [0.5, 0.6) is 0 Å². The van der Waals surface area contributed by atoms with Crippen molar-refractivity contribution in [1.29, 1.82) is 0 Å². The zero-order valence-corrected chi connectivity index (χ0v) is 21.8. The Balaban J connectivity index is 1.21. The van der Waals surface area contributed by atoms with Gasteiger partial charge in [-0.1, -0.05) is 31.3 Å². The maximum atomic E-state index is 13.6.